The molecule has 1 heterocycles. The van der Waals surface area contributed by atoms with E-state index in [1.807, 2.05) is 12.1 Å². The summed E-state index contributed by atoms with van der Waals surface area (Å²) in [6.45, 7) is 4.11. The summed E-state index contributed by atoms with van der Waals surface area (Å²) < 4.78 is 11.1. The highest BCUT2D eigenvalue weighted by Gasteiger charge is 2.15. The largest absolute Gasteiger partial charge is 0.491 e. The van der Waals surface area contributed by atoms with Gasteiger partial charge in [0.15, 0.2) is 0 Å². The summed E-state index contributed by atoms with van der Waals surface area (Å²) in [5.41, 5.74) is 2.42. The van der Waals surface area contributed by atoms with Crippen LogP contribution in [0.15, 0.2) is 71.3 Å². The summed E-state index contributed by atoms with van der Waals surface area (Å²) in [6.07, 6.45) is 1.04. The number of halogens is 1. The molecule has 0 amide bonds. The van der Waals surface area contributed by atoms with Crippen molar-refractivity contribution in [3.63, 3.8) is 0 Å². The quantitative estimate of drug-likeness (QED) is 0.580. The van der Waals surface area contributed by atoms with Gasteiger partial charge in [0.2, 0.25) is 0 Å². The topological polar surface area (TPSA) is 45.8 Å². The van der Waals surface area contributed by atoms with E-state index in [0.717, 1.165) is 12.3 Å². The summed E-state index contributed by atoms with van der Waals surface area (Å²) in [7, 11) is 0. The van der Waals surface area contributed by atoms with Gasteiger partial charge in [-0.3, -0.25) is 4.90 Å². The highest BCUT2D eigenvalue weighted by atomic mass is 35.5. The molecule has 1 aromatic heterocycles. The average Bonchev–Trinajstić information content (AvgIpc) is 3.14. The molecule has 0 fully saturated rings. The van der Waals surface area contributed by atoms with Crippen LogP contribution in [-0.2, 0) is 13.1 Å². The Morgan fingerprint density at radius 3 is 2.59 bits per heavy atom. The molecule has 3 aromatic rings. The van der Waals surface area contributed by atoms with Crippen LogP contribution in [0.25, 0.3) is 0 Å². The van der Waals surface area contributed by atoms with Gasteiger partial charge >= 0.3 is 0 Å². The van der Waals surface area contributed by atoms with Crippen LogP contribution in [0, 0.1) is 6.92 Å². The Morgan fingerprint density at radius 1 is 1.07 bits per heavy atom. The molecule has 0 radical (unpaired) electrons. The minimum Gasteiger partial charge on any atom is -0.491 e. The number of aryl methyl sites for hydroxylation is 1. The van der Waals surface area contributed by atoms with Crippen molar-refractivity contribution in [2.45, 2.75) is 26.1 Å². The van der Waals surface area contributed by atoms with Crippen molar-refractivity contribution in [1.82, 2.24) is 4.90 Å². The molecule has 0 spiro atoms. The predicted octanol–water partition coefficient (Wildman–Crippen LogP) is 4.68. The Bertz CT molecular complexity index is 818. The zero-order valence-electron chi connectivity index (χ0n) is 15.3. The van der Waals surface area contributed by atoms with Crippen molar-refractivity contribution in [2.75, 3.05) is 13.2 Å². The molecule has 0 saturated heterocycles. The third-order valence-corrected chi connectivity index (χ3v) is 4.43. The molecule has 0 bridgehead atoms. The van der Waals surface area contributed by atoms with Gasteiger partial charge in [0.05, 0.1) is 12.8 Å². The van der Waals surface area contributed by atoms with Gasteiger partial charge in [0.1, 0.15) is 24.2 Å². The normalized spacial score (nSPS) is 12.3. The molecule has 0 aliphatic rings. The first-order chi connectivity index (χ1) is 13.1. The minimum atomic E-state index is -0.625. The molecule has 3 rings (SSSR count). The number of ether oxygens (including phenoxy) is 1. The molecule has 0 aliphatic carbocycles. The van der Waals surface area contributed by atoms with Gasteiger partial charge in [0.25, 0.3) is 0 Å². The van der Waals surface area contributed by atoms with Gasteiger partial charge in [-0.15, -0.1) is 0 Å². The summed E-state index contributed by atoms with van der Waals surface area (Å²) >= 11 is 5.88. The number of aliphatic hydroxyl groups excluding tert-OH is 1. The zero-order valence-corrected chi connectivity index (χ0v) is 16.1. The van der Waals surface area contributed by atoms with Gasteiger partial charge in [0, 0.05) is 18.1 Å². The summed E-state index contributed by atoms with van der Waals surface area (Å²) in [4.78, 5) is 2.16. The minimum absolute atomic E-state index is 0.212. The van der Waals surface area contributed by atoms with Gasteiger partial charge in [-0.1, -0.05) is 41.4 Å². The van der Waals surface area contributed by atoms with Crippen molar-refractivity contribution in [1.29, 1.82) is 0 Å². The number of hydrogen-bond acceptors (Lipinski definition) is 4. The van der Waals surface area contributed by atoms with Crippen LogP contribution < -0.4 is 4.74 Å². The number of rotatable bonds is 9. The maximum atomic E-state index is 10.5. The number of furan rings is 1. The van der Waals surface area contributed by atoms with Crippen LogP contribution in [0.1, 0.15) is 16.9 Å². The van der Waals surface area contributed by atoms with Gasteiger partial charge in [-0.2, -0.15) is 0 Å². The Labute approximate surface area is 165 Å². The van der Waals surface area contributed by atoms with E-state index in [0.29, 0.717) is 23.9 Å². The van der Waals surface area contributed by atoms with Crippen LogP contribution >= 0.6 is 11.6 Å². The highest BCUT2D eigenvalue weighted by molar-refractivity contribution is 6.30. The monoisotopic (exact) mass is 385 g/mol. The SMILES string of the molecule is Cc1cccc(CN(Cc2ccco2)C[C@@H](O)COc2ccc(Cl)cc2)c1. The molecule has 4 nitrogen and oxygen atoms in total. The fourth-order valence-electron chi connectivity index (χ4n) is 2.95. The maximum Gasteiger partial charge on any atom is 0.119 e. The van der Waals surface area contributed by atoms with E-state index < -0.39 is 6.10 Å². The fourth-order valence-corrected chi connectivity index (χ4v) is 3.08. The van der Waals surface area contributed by atoms with Crippen molar-refractivity contribution < 1.29 is 14.3 Å². The van der Waals surface area contributed by atoms with Crippen LogP contribution in [-0.4, -0.2) is 29.3 Å². The third kappa shape index (κ3) is 6.43. The molecule has 1 atom stereocenters. The lowest BCUT2D eigenvalue weighted by atomic mass is 10.1. The molecular formula is C22H24ClNO3. The van der Waals surface area contributed by atoms with Gasteiger partial charge < -0.3 is 14.3 Å². The highest BCUT2D eigenvalue weighted by Crippen LogP contribution is 2.16. The lowest BCUT2D eigenvalue weighted by Gasteiger charge is -2.24. The van der Waals surface area contributed by atoms with E-state index in [4.69, 9.17) is 20.8 Å². The number of benzene rings is 2. The third-order valence-electron chi connectivity index (χ3n) is 4.17. The summed E-state index contributed by atoms with van der Waals surface area (Å²) in [5, 5.41) is 11.1. The second kappa shape index (κ2) is 9.60. The Balaban J connectivity index is 1.60. The van der Waals surface area contributed by atoms with E-state index in [1.54, 1.807) is 30.5 Å². The second-order valence-corrected chi connectivity index (χ2v) is 7.09. The number of aliphatic hydroxyl groups is 1. The lowest BCUT2D eigenvalue weighted by Crippen LogP contribution is -2.35. The lowest BCUT2D eigenvalue weighted by molar-refractivity contribution is 0.0604. The first-order valence-corrected chi connectivity index (χ1v) is 9.33. The molecule has 27 heavy (non-hydrogen) atoms. The molecule has 1 N–H and O–H groups in total. The zero-order chi connectivity index (χ0) is 19.1. The first kappa shape index (κ1) is 19.5. The molecule has 142 valence electrons. The van der Waals surface area contributed by atoms with Gasteiger partial charge in [-0.05, 0) is 48.9 Å². The number of hydrogen-bond donors (Lipinski definition) is 1. The van der Waals surface area contributed by atoms with E-state index in [9.17, 15) is 5.11 Å². The van der Waals surface area contributed by atoms with Crippen LogP contribution in [0.2, 0.25) is 5.02 Å². The Kier molecular flexibility index (Phi) is 6.93. The maximum absolute atomic E-state index is 10.5. The fraction of sp³-hybridized carbons (Fsp3) is 0.273. The second-order valence-electron chi connectivity index (χ2n) is 6.66. The van der Waals surface area contributed by atoms with E-state index in [2.05, 4.69) is 36.1 Å². The van der Waals surface area contributed by atoms with Crippen LogP contribution in [0.4, 0.5) is 0 Å². The standard InChI is InChI=1S/C22H24ClNO3/c1-17-4-2-5-18(12-17)13-24(15-22-6-3-11-26-22)14-20(25)16-27-21-9-7-19(23)8-10-21/h2-12,20,25H,13-16H2,1H3/t20-/m1/s1. The molecule has 2 aromatic carbocycles. The van der Waals surface area contributed by atoms with E-state index >= 15 is 0 Å². The summed E-state index contributed by atoms with van der Waals surface area (Å²) in [6, 6.07) is 19.3. The first-order valence-electron chi connectivity index (χ1n) is 8.95. The summed E-state index contributed by atoms with van der Waals surface area (Å²) in [5.74, 6) is 1.56. The Morgan fingerprint density at radius 2 is 1.89 bits per heavy atom. The molecule has 0 saturated carbocycles. The van der Waals surface area contributed by atoms with Crippen molar-refractivity contribution >= 4 is 11.6 Å². The molecule has 0 aliphatic heterocycles. The number of nitrogens with zero attached hydrogens (tertiary/aromatic N) is 1. The Hall–Kier alpha value is -2.27. The van der Waals surface area contributed by atoms with Crippen molar-refractivity contribution in [2.24, 2.45) is 0 Å². The molecular weight excluding hydrogens is 362 g/mol. The van der Waals surface area contributed by atoms with Crippen molar-refractivity contribution in [3.05, 3.63) is 88.8 Å². The molecule has 5 heteroatoms. The van der Waals surface area contributed by atoms with Gasteiger partial charge in [-0.25, -0.2) is 0 Å². The van der Waals surface area contributed by atoms with Crippen molar-refractivity contribution in [3.8, 4) is 5.75 Å². The predicted molar refractivity (Wildman–Crippen MR) is 107 cm³/mol. The smallest absolute Gasteiger partial charge is 0.119 e. The average molecular weight is 386 g/mol. The van der Waals surface area contributed by atoms with E-state index in [-0.39, 0.29) is 6.61 Å². The van der Waals surface area contributed by atoms with Crippen LogP contribution in [0.3, 0.4) is 0 Å². The van der Waals surface area contributed by atoms with Crippen LogP contribution in [0.5, 0.6) is 5.75 Å². The molecule has 0 unspecified atom stereocenters. The van der Waals surface area contributed by atoms with E-state index in [1.165, 1.54) is 11.1 Å².